The molecular formula is C16H24O4. The van der Waals surface area contributed by atoms with Crippen LogP contribution in [-0.2, 0) is 11.2 Å². The van der Waals surface area contributed by atoms with E-state index in [4.69, 9.17) is 9.47 Å². The van der Waals surface area contributed by atoms with Crippen LogP contribution in [0.5, 0.6) is 5.75 Å². The Morgan fingerprint density at radius 3 is 3.00 bits per heavy atom. The van der Waals surface area contributed by atoms with Crippen molar-refractivity contribution in [3.05, 3.63) is 29.3 Å². The summed E-state index contributed by atoms with van der Waals surface area (Å²) in [6.45, 7) is 3.33. The SMILES string of the molecule is CCCCOCC(O)COc1ccc2c(c1)CC[C@@H]2O. The van der Waals surface area contributed by atoms with Gasteiger partial charge in [0.05, 0.1) is 12.7 Å². The molecule has 0 saturated carbocycles. The number of hydrogen-bond acceptors (Lipinski definition) is 4. The number of fused-ring (bicyclic) bond motifs is 1. The van der Waals surface area contributed by atoms with Gasteiger partial charge in [0.1, 0.15) is 18.5 Å². The van der Waals surface area contributed by atoms with Crippen LogP contribution in [0.1, 0.15) is 43.4 Å². The highest BCUT2D eigenvalue weighted by atomic mass is 16.5. The lowest BCUT2D eigenvalue weighted by molar-refractivity contribution is 0.0113. The largest absolute Gasteiger partial charge is 0.491 e. The van der Waals surface area contributed by atoms with Crippen LogP contribution < -0.4 is 4.74 Å². The number of ether oxygens (including phenoxy) is 2. The van der Waals surface area contributed by atoms with Crippen molar-refractivity contribution in [2.24, 2.45) is 0 Å². The van der Waals surface area contributed by atoms with Crippen molar-refractivity contribution >= 4 is 0 Å². The van der Waals surface area contributed by atoms with Crippen LogP contribution in [0.25, 0.3) is 0 Å². The summed E-state index contributed by atoms with van der Waals surface area (Å²) in [5.41, 5.74) is 2.14. The number of aliphatic hydroxyl groups is 2. The summed E-state index contributed by atoms with van der Waals surface area (Å²) >= 11 is 0. The van der Waals surface area contributed by atoms with Gasteiger partial charge in [-0.1, -0.05) is 19.4 Å². The molecule has 4 nitrogen and oxygen atoms in total. The fraction of sp³-hybridized carbons (Fsp3) is 0.625. The van der Waals surface area contributed by atoms with Crippen molar-refractivity contribution in [1.82, 2.24) is 0 Å². The van der Waals surface area contributed by atoms with Crippen LogP contribution in [-0.4, -0.2) is 36.1 Å². The molecule has 1 aromatic rings. The van der Waals surface area contributed by atoms with E-state index in [1.807, 2.05) is 18.2 Å². The van der Waals surface area contributed by atoms with Gasteiger partial charge in [-0.3, -0.25) is 0 Å². The third kappa shape index (κ3) is 4.20. The molecule has 1 unspecified atom stereocenters. The average molecular weight is 280 g/mol. The van der Waals surface area contributed by atoms with Crippen LogP contribution in [0.4, 0.5) is 0 Å². The predicted molar refractivity (Wildman–Crippen MR) is 77.0 cm³/mol. The van der Waals surface area contributed by atoms with Crippen molar-refractivity contribution in [2.75, 3.05) is 19.8 Å². The van der Waals surface area contributed by atoms with Gasteiger partial charge >= 0.3 is 0 Å². The minimum Gasteiger partial charge on any atom is -0.491 e. The quantitative estimate of drug-likeness (QED) is 0.717. The van der Waals surface area contributed by atoms with Crippen LogP contribution >= 0.6 is 0 Å². The Kier molecular flexibility index (Phi) is 5.83. The van der Waals surface area contributed by atoms with Crippen molar-refractivity contribution in [3.63, 3.8) is 0 Å². The molecule has 1 aliphatic rings. The van der Waals surface area contributed by atoms with Gasteiger partial charge < -0.3 is 19.7 Å². The Labute approximate surface area is 120 Å². The first kappa shape index (κ1) is 15.3. The van der Waals surface area contributed by atoms with Crippen LogP contribution in [0.3, 0.4) is 0 Å². The lowest BCUT2D eigenvalue weighted by atomic mass is 10.1. The molecule has 0 bridgehead atoms. The Balaban J connectivity index is 1.74. The predicted octanol–water partition coefficient (Wildman–Crippen LogP) is 2.22. The van der Waals surface area contributed by atoms with Gasteiger partial charge in [-0.25, -0.2) is 0 Å². The topological polar surface area (TPSA) is 58.9 Å². The number of hydrogen-bond donors (Lipinski definition) is 2. The number of unbranched alkanes of at least 4 members (excludes halogenated alkanes) is 1. The highest BCUT2D eigenvalue weighted by Crippen LogP contribution is 2.33. The molecule has 0 heterocycles. The first-order valence-corrected chi connectivity index (χ1v) is 7.40. The van der Waals surface area contributed by atoms with E-state index in [1.54, 1.807) is 0 Å². The Morgan fingerprint density at radius 1 is 1.35 bits per heavy atom. The number of aliphatic hydroxyl groups excluding tert-OH is 2. The summed E-state index contributed by atoms with van der Waals surface area (Å²) in [4.78, 5) is 0. The van der Waals surface area contributed by atoms with Crippen molar-refractivity contribution in [2.45, 2.75) is 44.8 Å². The van der Waals surface area contributed by atoms with Crippen LogP contribution in [0.2, 0.25) is 0 Å². The maximum atomic E-state index is 9.76. The summed E-state index contributed by atoms with van der Waals surface area (Å²) in [6, 6.07) is 5.71. The van der Waals surface area contributed by atoms with Crippen LogP contribution in [0, 0.1) is 0 Å². The summed E-state index contributed by atoms with van der Waals surface area (Å²) < 4.78 is 10.9. The standard InChI is InChI=1S/C16H24O4/c1-2-3-8-19-10-13(17)11-20-14-5-6-15-12(9-14)4-7-16(15)18/h5-6,9,13,16-18H,2-4,7-8,10-11H2,1H3/t13?,16-/m0/s1. The maximum absolute atomic E-state index is 9.76. The summed E-state index contributed by atoms with van der Waals surface area (Å²) in [6.07, 6.45) is 2.83. The van der Waals surface area contributed by atoms with Crippen LogP contribution in [0.15, 0.2) is 18.2 Å². The minimum atomic E-state index is -0.606. The first-order valence-electron chi connectivity index (χ1n) is 7.40. The third-order valence-electron chi connectivity index (χ3n) is 3.56. The molecule has 0 fully saturated rings. The minimum absolute atomic E-state index is 0.230. The highest BCUT2D eigenvalue weighted by Gasteiger charge is 2.20. The molecule has 1 aliphatic carbocycles. The summed E-state index contributed by atoms with van der Waals surface area (Å²) in [7, 11) is 0. The van der Waals surface area contributed by atoms with Gasteiger partial charge in [-0.05, 0) is 42.5 Å². The molecule has 112 valence electrons. The molecule has 4 heteroatoms. The van der Waals surface area contributed by atoms with E-state index in [0.29, 0.717) is 13.2 Å². The molecule has 2 N–H and O–H groups in total. The lowest BCUT2D eigenvalue weighted by Crippen LogP contribution is -2.23. The molecule has 2 atom stereocenters. The van der Waals surface area contributed by atoms with Gasteiger partial charge in [0, 0.05) is 6.61 Å². The monoisotopic (exact) mass is 280 g/mol. The van der Waals surface area contributed by atoms with E-state index in [0.717, 1.165) is 42.6 Å². The summed E-state index contributed by atoms with van der Waals surface area (Å²) in [5, 5.41) is 19.5. The normalized spacial score (nSPS) is 18.9. The Hall–Kier alpha value is -1.10. The van der Waals surface area contributed by atoms with Gasteiger partial charge in [-0.15, -0.1) is 0 Å². The molecule has 2 rings (SSSR count). The zero-order valence-corrected chi connectivity index (χ0v) is 12.0. The third-order valence-corrected chi connectivity index (χ3v) is 3.56. The number of rotatable bonds is 8. The summed E-state index contributed by atoms with van der Waals surface area (Å²) in [5.74, 6) is 0.741. The molecule has 0 saturated heterocycles. The van der Waals surface area contributed by atoms with Gasteiger partial charge in [-0.2, -0.15) is 0 Å². The second kappa shape index (κ2) is 7.62. The zero-order valence-electron chi connectivity index (χ0n) is 12.0. The Bertz CT molecular complexity index is 419. The molecule has 1 aromatic carbocycles. The zero-order chi connectivity index (χ0) is 14.4. The second-order valence-electron chi connectivity index (χ2n) is 5.31. The first-order chi connectivity index (χ1) is 9.70. The van der Waals surface area contributed by atoms with E-state index in [9.17, 15) is 10.2 Å². The van der Waals surface area contributed by atoms with Gasteiger partial charge in [0.15, 0.2) is 0 Å². The second-order valence-corrected chi connectivity index (χ2v) is 5.31. The van der Waals surface area contributed by atoms with E-state index >= 15 is 0 Å². The van der Waals surface area contributed by atoms with E-state index in [2.05, 4.69) is 6.92 Å². The highest BCUT2D eigenvalue weighted by molar-refractivity contribution is 5.39. The van der Waals surface area contributed by atoms with E-state index in [-0.39, 0.29) is 12.7 Å². The molecule has 0 amide bonds. The number of aryl methyl sites for hydroxylation is 1. The molecule has 20 heavy (non-hydrogen) atoms. The van der Waals surface area contributed by atoms with E-state index < -0.39 is 6.10 Å². The van der Waals surface area contributed by atoms with Gasteiger partial charge in [0.2, 0.25) is 0 Å². The fourth-order valence-electron chi connectivity index (χ4n) is 2.37. The fourth-order valence-corrected chi connectivity index (χ4v) is 2.37. The molecule has 0 radical (unpaired) electrons. The van der Waals surface area contributed by atoms with E-state index in [1.165, 1.54) is 0 Å². The maximum Gasteiger partial charge on any atom is 0.119 e. The molecule has 0 spiro atoms. The smallest absolute Gasteiger partial charge is 0.119 e. The number of benzene rings is 1. The molecule has 0 aromatic heterocycles. The van der Waals surface area contributed by atoms with Crippen molar-refractivity contribution < 1.29 is 19.7 Å². The van der Waals surface area contributed by atoms with Crippen molar-refractivity contribution in [3.8, 4) is 5.75 Å². The van der Waals surface area contributed by atoms with Crippen molar-refractivity contribution in [1.29, 1.82) is 0 Å². The van der Waals surface area contributed by atoms with Gasteiger partial charge in [0.25, 0.3) is 0 Å². The molecule has 0 aliphatic heterocycles. The lowest BCUT2D eigenvalue weighted by Gasteiger charge is -2.13. The molecular weight excluding hydrogens is 256 g/mol. The Morgan fingerprint density at radius 2 is 2.20 bits per heavy atom. The average Bonchev–Trinajstić information content (AvgIpc) is 2.82.